The van der Waals surface area contributed by atoms with Crippen molar-refractivity contribution in [2.45, 2.75) is 57.2 Å². The Morgan fingerprint density at radius 3 is 2.70 bits per heavy atom. The van der Waals surface area contributed by atoms with Crippen LogP contribution in [0.3, 0.4) is 0 Å². The zero-order valence-corrected chi connectivity index (χ0v) is 19.0. The van der Waals surface area contributed by atoms with E-state index in [0.29, 0.717) is 37.2 Å². The van der Waals surface area contributed by atoms with E-state index in [2.05, 4.69) is 35.1 Å². The van der Waals surface area contributed by atoms with Crippen molar-refractivity contribution < 1.29 is 13.6 Å². The normalized spacial score (nSPS) is 21.5. The number of hydrogen-bond acceptors (Lipinski definition) is 5. The predicted molar refractivity (Wildman–Crippen MR) is 121 cm³/mol. The van der Waals surface area contributed by atoms with Crippen LogP contribution in [-0.2, 0) is 10.3 Å². The molecule has 2 fully saturated rings. The Kier molecular flexibility index (Phi) is 6.61. The van der Waals surface area contributed by atoms with Gasteiger partial charge in [-0.05, 0) is 44.4 Å². The maximum atomic E-state index is 14.2. The van der Waals surface area contributed by atoms with Gasteiger partial charge in [0.25, 0.3) is 0 Å². The van der Waals surface area contributed by atoms with E-state index in [0.717, 1.165) is 31.1 Å². The molecule has 2 atom stereocenters. The third-order valence-corrected chi connectivity index (χ3v) is 6.77. The van der Waals surface area contributed by atoms with Crippen molar-refractivity contribution in [1.29, 1.82) is 5.26 Å². The maximum Gasteiger partial charge on any atom is 0.223 e. The van der Waals surface area contributed by atoms with Crippen LogP contribution in [0.5, 0.6) is 0 Å². The van der Waals surface area contributed by atoms with E-state index in [4.69, 9.17) is 5.26 Å². The molecule has 1 saturated carbocycles. The lowest BCUT2D eigenvalue weighted by atomic mass is 10.0. The zero-order valence-electron chi connectivity index (χ0n) is 19.0. The van der Waals surface area contributed by atoms with Crippen LogP contribution in [0.25, 0.3) is 0 Å². The lowest BCUT2D eigenvalue weighted by Gasteiger charge is -2.46. The Labute approximate surface area is 193 Å². The summed E-state index contributed by atoms with van der Waals surface area (Å²) in [5, 5.41) is 12.3. The van der Waals surface area contributed by atoms with E-state index in [-0.39, 0.29) is 18.0 Å². The number of benzene rings is 1. The van der Waals surface area contributed by atoms with Gasteiger partial charge < -0.3 is 15.1 Å². The molecule has 1 aliphatic carbocycles. The monoisotopic (exact) mass is 453 g/mol. The first-order valence-corrected chi connectivity index (χ1v) is 11.5. The number of carbonyl (C=O) groups excluding carboxylic acids is 1. The van der Waals surface area contributed by atoms with E-state index < -0.39 is 17.2 Å². The molecule has 0 bridgehead atoms. The number of carbonyl (C=O) groups is 1. The standard InChI is InChI=1S/C25H29F2N5O/c1-3-19-16-31(15-17(2)32(19)22-8-7-18(13-28)14-29-22)23(33)9-12-30-25(10-11-25)20-5-4-6-21(26)24(20)27/h4-8,14,17,19,30H,3,9-12,15-16H2,1-2H3. The maximum absolute atomic E-state index is 14.2. The molecule has 1 amide bonds. The Hall–Kier alpha value is -3.05. The minimum Gasteiger partial charge on any atom is -0.347 e. The predicted octanol–water partition coefficient (Wildman–Crippen LogP) is 3.72. The molecule has 2 aliphatic rings. The first-order valence-electron chi connectivity index (χ1n) is 11.5. The van der Waals surface area contributed by atoms with Gasteiger partial charge in [-0.15, -0.1) is 0 Å². The Morgan fingerprint density at radius 1 is 1.27 bits per heavy atom. The molecule has 4 rings (SSSR count). The number of nitriles is 1. The van der Waals surface area contributed by atoms with E-state index in [1.807, 2.05) is 11.0 Å². The fraction of sp³-hybridized carbons (Fsp3) is 0.480. The second kappa shape index (κ2) is 9.44. The zero-order chi connectivity index (χ0) is 23.6. The molecular weight excluding hydrogens is 424 g/mol. The van der Waals surface area contributed by atoms with Crippen molar-refractivity contribution in [2.24, 2.45) is 0 Å². The SMILES string of the molecule is CCC1CN(C(=O)CCNC2(c3cccc(F)c3F)CC2)CC(C)N1c1ccc(C#N)cn1. The molecular formula is C25H29F2N5O. The van der Waals surface area contributed by atoms with Gasteiger partial charge in [-0.1, -0.05) is 19.1 Å². The molecule has 2 unspecified atom stereocenters. The van der Waals surface area contributed by atoms with Crippen LogP contribution in [0.2, 0.25) is 0 Å². The van der Waals surface area contributed by atoms with Crippen LogP contribution < -0.4 is 10.2 Å². The summed E-state index contributed by atoms with van der Waals surface area (Å²) in [6.45, 7) is 5.77. The van der Waals surface area contributed by atoms with Crippen molar-refractivity contribution >= 4 is 11.7 Å². The van der Waals surface area contributed by atoms with E-state index in [1.54, 1.807) is 18.3 Å². The van der Waals surface area contributed by atoms with Crippen molar-refractivity contribution in [3.05, 3.63) is 59.3 Å². The van der Waals surface area contributed by atoms with Crippen LogP contribution in [0.4, 0.5) is 14.6 Å². The topological polar surface area (TPSA) is 72.3 Å². The number of rotatable bonds is 7. The van der Waals surface area contributed by atoms with Crippen LogP contribution in [-0.4, -0.2) is 47.5 Å². The smallest absolute Gasteiger partial charge is 0.223 e. The van der Waals surface area contributed by atoms with Gasteiger partial charge in [0.15, 0.2) is 11.6 Å². The Morgan fingerprint density at radius 2 is 2.06 bits per heavy atom. The molecule has 1 aromatic carbocycles. The molecule has 33 heavy (non-hydrogen) atoms. The molecule has 6 nitrogen and oxygen atoms in total. The average Bonchev–Trinajstić information content (AvgIpc) is 3.61. The summed E-state index contributed by atoms with van der Waals surface area (Å²) in [4.78, 5) is 21.6. The highest BCUT2D eigenvalue weighted by molar-refractivity contribution is 5.77. The quantitative estimate of drug-likeness (QED) is 0.692. The van der Waals surface area contributed by atoms with Crippen molar-refractivity contribution in [3.8, 4) is 6.07 Å². The highest BCUT2D eigenvalue weighted by Gasteiger charge is 2.46. The highest BCUT2D eigenvalue weighted by Crippen LogP contribution is 2.46. The van der Waals surface area contributed by atoms with Gasteiger partial charge in [0.05, 0.1) is 5.56 Å². The molecule has 1 aromatic heterocycles. The third-order valence-electron chi connectivity index (χ3n) is 6.77. The number of pyridine rings is 1. The molecule has 1 N–H and O–H groups in total. The summed E-state index contributed by atoms with van der Waals surface area (Å²) in [6, 6.07) is 10.2. The van der Waals surface area contributed by atoms with E-state index >= 15 is 0 Å². The number of anilines is 1. The number of nitrogens with zero attached hydrogens (tertiary/aromatic N) is 4. The lowest BCUT2D eigenvalue weighted by molar-refractivity contribution is -0.132. The van der Waals surface area contributed by atoms with Gasteiger partial charge in [-0.3, -0.25) is 4.79 Å². The number of piperazine rings is 1. The Bertz CT molecular complexity index is 1050. The van der Waals surface area contributed by atoms with Crippen LogP contribution in [0.1, 0.15) is 50.7 Å². The number of aromatic nitrogens is 1. The van der Waals surface area contributed by atoms with Gasteiger partial charge in [0.2, 0.25) is 5.91 Å². The van der Waals surface area contributed by atoms with Gasteiger partial charge in [0.1, 0.15) is 11.9 Å². The molecule has 2 heterocycles. The van der Waals surface area contributed by atoms with Gasteiger partial charge in [-0.2, -0.15) is 5.26 Å². The first kappa shape index (κ1) is 23.1. The Balaban J connectivity index is 1.36. The second-order valence-electron chi connectivity index (χ2n) is 8.99. The lowest BCUT2D eigenvalue weighted by Crippen LogP contribution is -2.59. The van der Waals surface area contributed by atoms with Crippen LogP contribution in [0, 0.1) is 23.0 Å². The number of hydrogen-bond donors (Lipinski definition) is 1. The van der Waals surface area contributed by atoms with Crippen molar-refractivity contribution in [3.63, 3.8) is 0 Å². The largest absolute Gasteiger partial charge is 0.347 e. The van der Waals surface area contributed by atoms with Gasteiger partial charge in [0, 0.05) is 55.4 Å². The minimum absolute atomic E-state index is 0.0516. The van der Waals surface area contributed by atoms with E-state index in [1.165, 1.54) is 6.07 Å². The average molecular weight is 454 g/mol. The first-order chi connectivity index (χ1) is 15.9. The summed E-state index contributed by atoms with van der Waals surface area (Å²) >= 11 is 0. The summed E-state index contributed by atoms with van der Waals surface area (Å²) < 4.78 is 27.9. The fourth-order valence-electron chi connectivity index (χ4n) is 4.84. The number of amides is 1. The summed E-state index contributed by atoms with van der Waals surface area (Å²) in [6.07, 6.45) is 4.19. The third kappa shape index (κ3) is 4.69. The molecule has 0 spiro atoms. The fourth-order valence-corrected chi connectivity index (χ4v) is 4.84. The molecule has 1 saturated heterocycles. The molecule has 0 radical (unpaired) electrons. The van der Waals surface area contributed by atoms with Gasteiger partial charge >= 0.3 is 0 Å². The summed E-state index contributed by atoms with van der Waals surface area (Å²) in [5.41, 5.74) is 0.302. The van der Waals surface area contributed by atoms with Crippen molar-refractivity contribution in [1.82, 2.24) is 15.2 Å². The highest BCUT2D eigenvalue weighted by atomic mass is 19.2. The minimum atomic E-state index is -0.842. The molecule has 8 heteroatoms. The van der Waals surface area contributed by atoms with Crippen molar-refractivity contribution in [2.75, 3.05) is 24.5 Å². The number of halogens is 2. The summed E-state index contributed by atoms with van der Waals surface area (Å²) in [5.74, 6) is -0.780. The second-order valence-corrected chi connectivity index (χ2v) is 8.99. The summed E-state index contributed by atoms with van der Waals surface area (Å²) in [7, 11) is 0. The van der Waals surface area contributed by atoms with Crippen LogP contribution >= 0.6 is 0 Å². The molecule has 1 aliphatic heterocycles. The number of nitrogens with one attached hydrogen (secondary N) is 1. The molecule has 2 aromatic rings. The van der Waals surface area contributed by atoms with Gasteiger partial charge in [-0.25, -0.2) is 13.8 Å². The van der Waals surface area contributed by atoms with E-state index in [9.17, 15) is 13.6 Å². The van der Waals surface area contributed by atoms with Crippen LogP contribution in [0.15, 0.2) is 36.5 Å². The molecule has 174 valence electrons.